The maximum absolute atomic E-state index is 5.80. The Hall–Kier alpha value is -0.860. The molecule has 1 unspecified atom stereocenters. The number of methoxy groups -OCH3 is 1. The first-order valence-electron chi connectivity index (χ1n) is 7.46. The van der Waals surface area contributed by atoms with E-state index < -0.39 is 0 Å². The first-order chi connectivity index (χ1) is 9.10. The van der Waals surface area contributed by atoms with E-state index in [-0.39, 0.29) is 5.60 Å². The van der Waals surface area contributed by atoms with Gasteiger partial charge in [0, 0.05) is 13.2 Å². The molecule has 0 bridgehead atoms. The summed E-state index contributed by atoms with van der Waals surface area (Å²) in [5.41, 5.74) is 4.26. The predicted molar refractivity (Wildman–Crippen MR) is 80.5 cm³/mol. The zero-order valence-corrected chi connectivity index (χ0v) is 12.8. The van der Waals surface area contributed by atoms with E-state index in [0.29, 0.717) is 6.04 Å². The van der Waals surface area contributed by atoms with Gasteiger partial charge < -0.3 is 10.1 Å². The molecule has 0 aromatic heterocycles. The van der Waals surface area contributed by atoms with Crippen LogP contribution in [0.25, 0.3) is 0 Å². The van der Waals surface area contributed by atoms with Gasteiger partial charge in [-0.1, -0.05) is 30.7 Å². The molecule has 0 amide bonds. The lowest BCUT2D eigenvalue weighted by molar-refractivity contribution is -0.0837. The van der Waals surface area contributed by atoms with Crippen molar-refractivity contribution < 1.29 is 4.74 Å². The van der Waals surface area contributed by atoms with Gasteiger partial charge in [-0.3, -0.25) is 0 Å². The third kappa shape index (κ3) is 3.18. The third-order valence-electron chi connectivity index (χ3n) is 4.53. The van der Waals surface area contributed by atoms with Crippen molar-refractivity contribution in [2.45, 2.75) is 58.1 Å². The Morgan fingerprint density at radius 2 is 2.05 bits per heavy atom. The average molecular weight is 261 g/mol. The maximum Gasteiger partial charge on any atom is 0.0697 e. The topological polar surface area (TPSA) is 21.3 Å². The molecule has 19 heavy (non-hydrogen) atoms. The van der Waals surface area contributed by atoms with Crippen LogP contribution in [0.3, 0.4) is 0 Å². The van der Waals surface area contributed by atoms with Crippen LogP contribution >= 0.6 is 0 Å². The molecule has 1 saturated carbocycles. The van der Waals surface area contributed by atoms with Gasteiger partial charge in [0.2, 0.25) is 0 Å². The summed E-state index contributed by atoms with van der Waals surface area (Å²) in [5, 5.41) is 3.65. The molecule has 2 nitrogen and oxygen atoms in total. The molecule has 1 aromatic rings. The number of hydrogen-bond acceptors (Lipinski definition) is 2. The number of benzene rings is 1. The number of hydrogen-bond donors (Lipinski definition) is 1. The monoisotopic (exact) mass is 261 g/mol. The minimum absolute atomic E-state index is 0.114. The first-order valence-corrected chi connectivity index (χ1v) is 7.46. The third-order valence-corrected chi connectivity index (χ3v) is 4.53. The molecule has 1 aromatic carbocycles. The summed E-state index contributed by atoms with van der Waals surface area (Å²) in [6.45, 7) is 7.55. The Morgan fingerprint density at radius 1 is 1.32 bits per heavy atom. The zero-order chi connectivity index (χ0) is 13.9. The van der Waals surface area contributed by atoms with Crippen LogP contribution in [-0.2, 0) is 4.74 Å². The zero-order valence-electron chi connectivity index (χ0n) is 12.8. The number of ether oxygens (including phenoxy) is 1. The summed E-state index contributed by atoms with van der Waals surface area (Å²) < 4.78 is 5.80. The van der Waals surface area contributed by atoms with Crippen LogP contribution in [0.1, 0.15) is 55.3 Å². The van der Waals surface area contributed by atoms with Crippen LogP contribution in [-0.4, -0.2) is 19.3 Å². The van der Waals surface area contributed by atoms with Gasteiger partial charge in [-0.25, -0.2) is 0 Å². The second kappa shape index (κ2) is 6.06. The van der Waals surface area contributed by atoms with E-state index in [0.717, 1.165) is 13.0 Å². The van der Waals surface area contributed by atoms with E-state index in [1.807, 2.05) is 7.11 Å². The second-order valence-corrected chi connectivity index (χ2v) is 5.92. The van der Waals surface area contributed by atoms with Crippen LogP contribution < -0.4 is 5.32 Å². The highest BCUT2D eigenvalue weighted by Gasteiger charge is 2.39. The maximum atomic E-state index is 5.80. The Labute approximate surface area is 117 Å². The Bertz CT molecular complexity index is 418. The highest BCUT2D eigenvalue weighted by molar-refractivity contribution is 5.33. The largest absolute Gasteiger partial charge is 0.378 e. The Morgan fingerprint density at radius 3 is 2.58 bits per heavy atom. The fraction of sp³-hybridized carbons (Fsp3) is 0.647. The highest BCUT2D eigenvalue weighted by atomic mass is 16.5. The summed E-state index contributed by atoms with van der Waals surface area (Å²) in [5.74, 6) is 0. The number of aryl methyl sites for hydroxylation is 2. The fourth-order valence-corrected chi connectivity index (χ4v) is 3.11. The van der Waals surface area contributed by atoms with Gasteiger partial charge in [0.25, 0.3) is 0 Å². The van der Waals surface area contributed by atoms with Crippen LogP contribution in [0, 0.1) is 13.8 Å². The van der Waals surface area contributed by atoms with Gasteiger partial charge in [0.15, 0.2) is 0 Å². The van der Waals surface area contributed by atoms with Crippen molar-refractivity contribution >= 4 is 0 Å². The van der Waals surface area contributed by atoms with Crippen LogP contribution in [0.15, 0.2) is 18.2 Å². The molecule has 2 rings (SSSR count). The summed E-state index contributed by atoms with van der Waals surface area (Å²) in [7, 11) is 1.87. The lowest BCUT2D eigenvalue weighted by atomic mass is 9.74. The molecule has 0 saturated heterocycles. The molecule has 1 N–H and O–H groups in total. The van der Waals surface area contributed by atoms with Crippen molar-refractivity contribution in [2.75, 3.05) is 13.7 Å². The van der Waals surface area contributed by atoms with E-state index in [4.69, 9.17) is 4.74 Å². The lowest BCUT2D eigenvalue weighted by Crippen LogP contribution is -2.43. The van der Waals surface area contributed by atoms with Crippen LogP contribution in [0.4, 0.5) is 0 Å². The molecule has 0 aliphatic heterocycles. The standard InChI is InChI=1S/C17H27NO/c1-5-18-16(12-17(19-4)9-6-10-17)15-11-13(2)7-8-14(15)3/h7-8,11,16,18H,5-6,9-10,12H2,1-4H3. The molecular formula is C17H27NO. The van der Waals surface area contributed by atoms with E-state index in [2.05, 4.69) is 44.3 Å². The van der Waals surface area contributed by atoms with Crippen molar-refractivity contribution in [2.24, 2.45) is 0 Å². The molecule has 1 fully saturated rings. The molecule has 1 aliphatic rings. The van der Waals surface area contributed by atoms with Crippen LogP contribution in [0.5, 0.6) is 0 Å². The first kappa shape index (κ1) is 14.5. The SMILES string of the molecule is CCNC(CC1(OC)CCC1)c1cc(C)ccc1C. The molecule has 0 heterocycles. The summed E-state index contributed by atoms with van der Waals surface area (Å²) in [6, 6.07) is 7.15. The Kier molecular flexibility index (Phi) is 4.64. The molecule has 0 spiro atoms. The minimum Gasteiger partial charge on any atom is -0.378 e. The molecule has 106 valence electrons. The lowest BCUT2D eigenvalue weighted by Gasteiger charge is -2.43. The number of nitrogens with one attached hydrogen (secondary N) is 1. The molecule has 1 aliphatic carbocycles. The molecular weight excluding hydrogens is 234 g/mol. The summed E-state index contributed by atoms with van der Waals surface area (Å²) in [6.07, 6.45) is 4.80. The van der Waals surface area contributed by atoms with E-state index >= 15 is 0 Å². The quantitative estimate of drug-likeness (QED) is 0.838. The van der Waals surface area contributed by atoms with E-state index in [1.165, 1.54) is 36.0 Å². The average Bonchev–Trinajstić information content (AvgIpc) is 2.35. The summed E-state index contributed by atoms with van der Waals surface area (Å²) >= 11 is 0. The van der Waals surface area contributed by atoms with Crippen molar-refractivity contribution in [3.05, 3.63) is 34.9 Å². The van der Waals surface area contributed by atoms with Gasteiger partial charge in [-0.15, -0.1) is 0 Å². The van der Waals surface area contributed by atoms with Crippen molar-refractivity contribution in [1.82, 2.24) is 5.32 Å². The fourth-order valence-electron chi connectivity index (χ4n) is 3.11. The molecule has 1 atom stereocenters. The van der Waals surface area contributed by atoms with E-state index in [9.17, 15) is 0 Å². The number of rotatable bonds is 6. The normalized spacial score (nSPS) is 18.9. The smallest absolute Gasteiger partial charge is 0.0697 e. The Balaban J connectivity index is 2.21. The van der Waals surface area contributed by atoms with Gasteiger partial charge in [0.05, 0.1) is 5.60 Å². The molecule has 2 heteroatoms. The van der Waals surface area contributed by atoms with Gasteiger partial charge >= 0.3 is 0 Å². The van der Waals surface area contributed by atoms with Crippen LogP contribution in [0.2, 0.25) is 0 Å². The van der Waals surface area contributed by atoms with Crippen molar-refractivity contribution in [1.29, 1.82) is 0 Å². The van der Waals surface area contributed by atoms with E-state index in [1.54, 1.807) is 0 Å². The molecule has 0 radical (unpaired) electrons. The highest BCUT2D eigenvalue weighted by Crippen LogP contribution is 2.42. The van der Waals surface area contributed by atoms with Crippen molar-refractivity contribution in [3.8, 4) is 0 Å². The second-order valence-electron chi connectivity index (χ2n) is 5.92. The van der Waals surface area contributed by atoms with Gasteiger partial charge in [0.1, 0.15) is 0 Å². The minimum atomic E-state index is 0.114. The predicted octanol–water partition coefficient (Wildman–Crippen LogP) is 3.91. The summed E-state index contributed by atoms with van der Waals surface area (Å²) in [4.78, 5) is 0. The van der Waals surface area contributed by atoms with Gasteiger partial charge in [-0.05, 0) is 57.2 Å². The van der Waals surface area contributed by atoms with Crippen molar-refractivity contribution in [3.63, 3.8) is 0 Å². The van der Waals surface area contributed by atoms with Gasteiger partial charge in [-0.2, -0.15) is 0 Å².